The first kappa shape index (κ1) is 18.9. The second-order valence-corrected chi connectivity index (χ2v) is 3.45. The Bertz CT molecular complexity index is 233. The summed E-state index contributed by atoms with van der Waals surface area (Å²) in [5, 5.41) is 16.3. The van der Waals surface area contributed by atoms with Crippen LogP contribution in [0.25, 0.3) is 0 Å². The molecule has 0 saturated heterocycles. The topological polar surface area (TPSA) is 101 Å². The average molecular weight is 215 g/mol. The van der Waals surface area contributed by atoms with Gasteiger partial charge in [0.2, 0.25) is 6.21 Å². The fourth-order valence-electron chi connectivity index (χ4n) is 0.256. The first-order chi connectivity index (χ1) is 4.34. The summed E-state index contributed by atoms with van der Waals surface area (Å²) in [5.74, 6) is 0. The Hall–Kier alpha value is 1.18. The van der Waals surface area contributed by atoms with Gasteiger partial charge in [-0.15, -0.1) is 0 Å². The summed E-state index contributed by atoms with van der Waals surface area (Å²) in [4.78, 5) is -0.668. The van der Waals surface area contributed by atoms with E-state index in [-0.39, 0.29) is 59.1 Å². The third-order valence-corrected chi connectivity index (χ3v) is 1.87. The molecule has 62 valence electrons. The third kappa shape index (κ3) is 9.27. The van der Waals surface area contributed by atoms with E-state index >= 15 is 0 Å². The van der Waals surface area contributed by atoms with E-state index in [4.69, 9.17) is 9.76 Å². The van der Waals surface area contributed by atoms with Crippen molar-refractivity contribution in [3.63, 3.8) is 0 Å². The predicted molar refractivity (Wildman–Crippen MR) is 44.0 cm³/mol. The van der Waals surface area contributed by atoms with Crippen LogP contribution in [-0.2, 0) is 10.1 Å². The molecule has 0 fully saturated rings. The van der Waals surface area contributed by atoms with Crippen molar-refractivity contribution < 1.29 is 23.1 Å². The molecule has 1 unspecified atom stereocenters. The minimum Gasteiger partial charge on any atom is -0.418 e. The summed E-state index contributed by atoms with van der Waals surface area (Å²) < 4.78 is 28.4. The molecule has 0 aliphatic heterocycles. The van der Waals surface area contributed by atoms with Crippen molar-refractivity contribution in [2.45, 2.75) is 12.2 Å². The average Bonchev–Trinajstić information content (AvgIpc) is 1.60. The molecular weight excluding hydrogens is 208 g/mol. The summed E-state index contributed by atoms with van der Waals surface area (Å²) in [6, 6.07) is 0. The Labute approximate surface area is 115 Å². The van der Waals surface area contributed by atoms with E-state index in [1.54, 1.807) is 0 Å². The molecule has 0 aliphatic rings. The van der Waals surface area contributed by atoms with Crippen LogP contribution in [0.2, 0.25) is 0 Å². The summed E-state index contributed by atoms with van der Waals surface area (Å²) in [7, 11) is -4.26. The zero-order valence-electron chi connectivity index (χ0n) is 7.13. The smallest absolute Gasteiger partial charge is 0.277 e. The fraction of sp³-hybridized carbons (Fsp3) is 0.667. The molecule has 0 bridgehead atoms. The number of hydrogen-bond acceptors (Lipinski definition) is 4. The van der Waals surface area contributed by atoms with Gasteiger partial charge in [-0.1, -0.05) is 0 Å². The maximum Gasteiger partial charge on any atom is 0.277 e. The number of nitrogens with zero attached hydrogens (tertiary/aromatic N) is 1. The van der Waals surface area contributed by atoms with Gasteiger partial charge >= 0.3 is 0 Å². The molecular formula is C3H7NNa2O5S. The van der Waals surface area contributed by atoms with Crippen LogP contribution in [0.5, 0.6) is 0 Å². The van der Waals surface area contributed by atoms with Crippen LogP contribution in [0, 0.1) is 5.21 Å². The molecule has 0 aromatic heterocycles. The van der Waals surface area contributed by atoms with Crippen molar-refractivity contribution in [2.24, 2.45) is 0 Å². The SMILES string of the molecule is CC(C=[N+]([O-])O)S(=O)(=O)O.[Na].[Na]. The number of rotatable bonds is 2. The zero-order chi connectivity index (χ0) is 8.36. The van der Waals surface area contributed by atoms with Crippen LogP contribution in [0.15, 0.2) is 0 Å². The predicted octanol–water partition coefficient (Wildman–Crippen LogP) is -1.53. The first-order valence-corrected chi connectivity index (χ1v) is 3.81. The molecule has 1 atom stereocenters. The maximum absolute atomic E-state index is 10.1. The van der Waals surface area contributed by atoms with E-state index < -0.39 is 20.3 Å². The molecule has 0 rings (SSSR count). The first-order valence-electron chi connectivity index (χ1n) is 2.30. The van der Waals surface area contributed by atoms with Gasteiger partial charge in [0.15, 0.2) is 5.25 Å². The van der Waals surface area contributed by atoms with Crippen LogP contribution in [0.1, 0.15) is 6.92 Å². The molecule has 2 radical (unpaired) electrons. The van der Waals surface area contributed by atoms with Crippen molar-refractivity contribution in [1.29, 1.82) is 0 Å². The Morgan fingerprint density at radius 3 is 1.92 bits per heavy atom. The Morgan fingerprint density at radius 1 is 1.50 bits per heavy atom. The quantitative estimate of drug-likeness (QED) is 0.145. The molecule has 12 heavy (non-hydrogen) atoms. The van der Waals surface area contributed by atoms with Crippen molar-refractivity contribution >= 4 is 75.4 Å². The van der Waals surface area contributed by atoms with Gasteiger partial charge < -0.3 is 5.21 Å². The van der Waals surface area contributed by atoms with Crippen molar-refractivity contribution in [2.75, 3.05) is 0 Å². The van der Waals surface area contributed by atoms with Crippen molar-refractivity contribution in [3.05, 3.63) is 5.21 Å². The molecule has 0 aromatic carbocycles. The second kappa shape index (κ2) is 7.57. The number of hydrogen-bond donors (Lipinski definition) is 2. The standard InChI is InChI=1S/C3H7NO5S.2Na/c1-3(2-4(5)6)10(7,8)9;;/h2-3H,1H3,(H,5,6)(H,7,8,9);;. The zero-order valence-corrected chi connectivity index (χ0v) is 11.9. The summed E-state index contributed by atoms with van der Waals surface area (Å²) in [5.41, 5.74) is 0. The Balaban J connectivity index is -0.000000405. The van der Waals surface area contributed by atoms with E-state index in [1.165, 1.54) is 0 Å². The minimum atomic E-state index is -4.26. The van der Waals surface area contributed by atoms with Gasteiger partial charge in [-0.25, -0.2) is 0 Å². The molecule has 0 aromatic rings. The van der Waals surface area contributed by atoms with Gasteiger partial charge in [0.05, 0.1) is 0 Å². The molecule has 0 saturated carbocycles. The van der Waals surface area contributed by atoms with Gasteiger partial charge in [0, 0.05) is 64.0 Å². The molecule has 2 N–H and O–H groups in total. The van der Waals surface area contributed by atoms with Crippen LogP contribution in [0.3, 0.4) is 0 Å². The molecule has 0 heterocycles. The van der Waals surface area contributed by atoms with E-state index in [1.807, 2.05) is 0 Å². The molecule has 6 nitrogen and oxygen atoms in total. The monoisotopic (exact) mass is 215 g/mol. The summed E-state index contributed by atoms with van der Waals surface area (Å²) >= 11 is 0. The fourth-order valence-corrected chi connectivity index (χ4v) is 0.514. The van der Waals surface area contributed by atoms with Crippen LogP contribution < -0.4 is 0 Å². The van der Waals surface area contributed by atoms with E-state index in [0.29, 0.717) is 6.21 Å². The van der Waals surface area contributed by atoms with E-state index in [0.717, 1.165) is 6.92 Å². The molecule has 0 aliphatic carbocycles. The summed E-state index contributed by atoms with van der Waals surface area (Å²) in [6.45, 7) is 1.05. The second-order valence-electron chi connectivity index (χ2n) is 1.67. The Morgan fingerprint density at radius 2 is 1.83 bits per heavy atom. The maximum atomic E-state index is 10.1. The van der Waals surface area contributed by atoms with Gasteiger partial charge in [-0.05, 0) is 6.92 Å². The van der Waals surface area contributed by atoms with Crippen molar-refractivity contribution in [1.82, 2.24) is 0 Å². The molecule has 0 amide bonds. The van der Waals surface area contributed by atoms with E-state index in [9.17, 15) is 13.6 Å². The van der Waals surface area contributed by atoms with E-state index in [2.05, 4.69) is 0 Å². The van der Waals surface area contributed by atoms with Crippen LogP contribution >= 0.6 is 0 Å². The van der Waals surface area contributed by atoms with Gasteiger partial charge in [0.1, 0.15) is 0 Å². The third-order valence-electron chi connectivity index (χ3n) is 0.807. The van der Waals surface area contributed by atoms with Crippen LogP contribution in [-0.4, -0.2) is 93.7 Å². The van der Waals surface area contributed by atoms with Gasteiger partial charge in [0.25, 0.3) is 10.1 Å². The largest absolute Gasteiger partial charge is 0.418 e. The molecule has 9 heteroatoms. The van der Waals surface area contributed by atoms with Gasteiger partial charge in [-0.2, -0.15) is 8.42 Å². The normalized spacial score (nSPS) is 14.0. The van der Waals surface area contributed by atoms with Crippen LogP contribution in [0.4, 0.5) is 0 Å². The Kier molecular flexibility index (Phi) is 11.9. The minimum absolute atomic E-state index is 0. The summed E-state index contributed by atoms with van der Waals surface area (Å²) in [6.07, 6.45) is 0.412. The van der Waals surface area contributed by atoms with Gasteiger partial charge in [-0.3, -0.25) is 9.76 Å². The van der Waals surface area contributed by atoms with Crippen molar-refractivity contribution in [3.8, 4) is 0 Å². The molecule has 0 spiro atoms.